The summed E-state index contributed by atoms with van der Waals surface area (Å²) in [6.07, 6.45) is 3.74. The Kier molecular flexibility index (Phi) is 8.48. The maximum atomic E-state index is 12.0. The standard InChI is InChI=1S/C15H26N4O2/c1-2-14(19(13-20)12-7-16)15(21)17-8-3-4-9-18-10-5-6-11-18/h13-14H,2,5-12,16H2,1H3,(H,17,21). The molecule has 0 aromatic heterocycles. The van der Waals surface area contributed by atoms with E-state index in [2.05, 4.69) is 22.1 Å². The predicted octanol–water partition coefficient (Wildman–Crippen LogP) is -0.602. The van der Waals surface area contributed by atoms with Gasteiger partial charge in [-0.3, -0.25) is 14.5 Å². The van der Waals surface area contributed by atoms with Crippen LogP contribution in [0.25, 0.3) is 0 Å². The third-order valence-corrected chi connectivity index (χ3v) is 3.59. The summed E-state index contributed by atoms with van der Waals surface area (Å²) in [7, 11) is 0. The SMILES string of the molecule is CCC(C(=O)NCC#CCN1CCCC1)N(C=O)CCN. The molecule has 6 nitrogen and oxygen atoms in total. The Bertz CT molecular complexity index is 383. The van der Waals surface area contributed by atoms with E-state index in [0.717, 1.165) is 19.6 Å². The molecule has 0 aliphatic carbocycles. The highest BCUT2D eigenvalue weighted by atomic mass is 16.2. The number of amides is 2. The molecule has 3 N–H and O–H groups in total. The van der Waals surface area contributed by atoms with E-state index in [0.29, 0.717) is 32.5 Å². The van der Waals surface area contributed by atoms with Gasteiger partial charge in [0.25, 0.3) is 0 Å². The van der Waals surface area contributed by atoms with E-state index < -0.39 is 6.04 Å². The van der Waals surface area contributed by atoms with Crippen LogP contribution in [0.3, 0.4) is 0 Å². The largest absolute Gasteiger partial charge is 0.343 e. The van der Waals surface area contributed by atoms with Gasteiger partial charge >= 0.3 is 0 Å². The summed E-state index contributed by atoms with van der Waals surface area (Å²) in [5.74, 6) is 5.85. The molecule has 6 heteroatoms. The van der Waals surface area contributed by atoms with Gasteiger partial charge in [0.15, 0.2) is 0 Å². The number of hydrogen-bond acceptors (Lipinski definition) is 4. The van der Waals surface area contributed by atoms with Crippen molar-refractivity contribution < 1.29 is 9.59 Å². The molecule has 2 amide bonds. The summed E-state index contributed by atoms with van der Waals surface area (Å²) < 4.78 is 0. The Balaban J connectivity index is 2.33. The van der Waals surface area contributed by atoms with Crippen LogP contribution >= 0.6 is 0 Å². The first-order valence-electron chi connectivity index (χ1n) is 7.59. The first-order valence-corrected chi connectivity index (χ1v) is 7.59. The van der Waals surface area contributed by atoms with Crippen LogP contribution in [-0.4, -0.2) is 67.4 Å². The molecule has 1 heterocycles. The molecule has 1 unspecified atom stereocenters. The van der Waals surface area contributed by atoms with Crippen molar-refractivity contribution in [2.45, 2.75) is 32.2 Å². The molecule has 21 heavy (non-hydrogen) atoms. The highest BCUT2D eigenvalue weighted by Crippen LogP contribution is 2.05. The molecule has 0 aromatic rings. The number of nitrogens with zero attached hydrogens (tertiary/aromatic N) is 2. The van der Waals surface area contributed by atoms with Crippen LogP contribution in [0, 0.1) is 11.8 Å². The number of carbonyl (C=O) groups excluding carboxylic acids is 2. The molecule has 1 rings (SSSR count). The fourth-order valence-corrected chi connectivity index (χ4v) is 2.42. The molecule has 1 fully saturated rings. The van der Waals surface area contributed by atoms with Crippen molar-refractivity contribution in [1.82, 2.24) is 15.1 Å². The molecule has 1 saturated heterocycles. The van der Waals surface area contributed by atoms with Gasteiger partial charge in [0.2, 0.25) is 12.3 Å². The van der Waals surface area contributed by atoms with Gasteiger partial charge in [-0.15, -0.1) is 0 Å². The summed E-state index contributed by atoms with van der Waals surface area (Å²) in [5.41, 5.74) is 5.44. The normalized spacial score (nSPS) is 15.9. The molecule has 0 radical (unpaired) electrons. The van der Waals surface area contributed by atoms with Crippen LogP contribution in [0.1, 0.15) is 26.2 Å². The van der Waals surface area contributed by atoms with E-state index in [9.17, 15) is 9.59 Å². The summed E-state index contributed by atoms with van der Waals surface area (Å²) in [5, 5.41) is 2.76. The predicted molar refractivity (Wildman–Crippen MR) is 82.4 cm³/mol. The molecule has 1 atom stereocenters. The first kappa shape index (κ1) is 17.5. The van der Waals surface area contributed by atoms with Crippen molar-refractivity contribution in [3.63, 3.8) is 0 Å². The van der Waals surface area contributed by atoms with E-state index in [1.807, 2.05) is 6.92 Å². The molecule has 0 bridgehead atoms. The molecule has 0 spiro atoms. The lowest BCUT2D eigenvalue weighted by Crippen LogP contribution is -2.47. The number of nitrogens with two attached hydrogens (primary N) is 1. The monoisotopic (exact) mass is 294 g/mol. The fraction of sp³-hybridized carbons (Fsp3) is 0.733. The average molecular weight is 294 g/mol. The zero-order valence-electron chi connectivity index (χ0n) is 12.8. The van der Waals surface area contributed by atoms with Gasteiger partial charge in [-0.2, -0.15) is 0 Å². The first-order chi connectivity index (χ1) is 10.2. The minimum atomic E-state index is -0.466. The maximum absolute atomic E-state index is 12.0. The van der Waals surface area contributed by atoms with E-state index >= 15 is 0 Å². The Hall–Kier alpha value is -1.58. The van der Waals surface area contributed by atoms with Crippen LogP contribution in [-0.2, 0) is 9.59 Å². The van der Waals surface area contributed by atoms with Gasteiger partial charge < -0.3 is 16.0 Å². The second-order valence-corrected chi connectivity index (χ2v) is 5.11. The van der Waals surface area contributed by atoms with Gasteiger partial charge in [-0.25, -0.2) is 0 Å². The Labute approximate surface area is 127 Å². The number of carbonyl (C=O) groups is 2. The molecule has 1 aliphatic heterocycles. The smallest absolute Gasteiger partial charge is 0.243 e. The van der Waals surface area contributed by atoms with Crippen LogP contribution in [0.5, 0.6) is 0 Å². The van der Waals surface area contributed by atoms with Crippen molar-refractivity contribution in [2.24, 2.45) is 5.73 Å². The summed E-state index contributed by atoms with van der Waals surface area (Å²) >= 11 is 0. The summed E-state index contributed by atoms with van der Waals surface area (Å²) in [6.45, 7) is 5.92. The van der Waals surface area contributed by atoms with Crippen molar-refractivity contribution in [3.05, 3.63) is 0 Å². The quantitative estimate of drug-likeness (QED) is 0.463. The highest BCUT2D eigenvalue weighted by Gasteiger charge is 2.21. The third-order valence-electron chi connectivity index (χ3n) is 3.59. The van der Waals surface area contributed by atoms with Crippen molar-refractivity contribution >= 4 is 12.3 Å². The van der Waals surface area contributed by atoms with Crippen LogP contribution < -0.4 is 11.1 Å². The zero-order valence-corrected chi connectivity index (χ0v) is 12.8. The number of likely N-dealkylation sites (tertiary alicyclic amines) is 1. The topological polar surface area (TPSA) is 78.7 Å². The second kappa shape index (κ2) is 10.2. The van der Waals surface area contributed by atoms with E-state index in [1.165, 1.54) is 17.7 Å². The van der Waals surface area contributed by atoms with Crippen LogP contribution in [0.2, 0.25) is 0 Å². The summed E-state index contributed by atoms with van der Waals surface area (Å²) in [6, 6.07) is -0.466. The van der Waals surface area contributed by atoms with Crippen LogP contribution in [0.15, 0.2) is 0 Å². The fourth-order valence-electron chi connectivity index (χ4n) is 2.42. The lowest BCUT2D eigenvalue weighted by atomic mass is 10.2. The minimum Gasteiger partial charge on any atom is -0.343 e. The molecular formula is C15H26N4O2. The molecule has 0 aromatic carbocycles. The van der Waals surface area contributed by atoms with Crippen LogP contribution in [0.4, 0.5) is 0 Å². The zero-order chi connectivity index (χ0) is 15.5. The van der Waals surface area contributed by atoms with Gasteiger partial charge in [-0.05, 0) is 32.4 Å². The van der Waals surface area contributed by atoms with Gasteiger partial charge in [0, 0.05) is 13.1 Å². The average Bonchev–Trinajstić information content (AvgIpc) is 3.00. The number of nitrogens with one attached hydrogen (secondary N) is 1. The van der Waals surface area contributed by atoms with Gasteiger partial charge in [0.1, 0.15) is 6.04 Å². The molecule has 118 valence electrons. The Morgan fingerprint density at radius 1 is 1.43 bits per heavy atom. The minimum absolute atomic E-state index is 0.173. The highest BCUT2D eigenvalue weighted by molar-refractivity contribution is 5.83. The lowest BCUT2D eigenvalue weighted by Gasteiger charge is -2.25. The lowest BCUT2D eigenvalue weighted by molar-refractivity contribution is -0.132. The molecule has 1 aliphatic rings. The number of rotatable bonds is 8. The van der Waals surface area contributed by atoms with Crippen molar-refractivity contribution in [2.75, 3.05) is 39.3 Å². The van der Waals surface area contributed by atoms with E-state index in [1.54, 1.807) is 0 Å². The second-order valence-electron chi connectivity index (χ2n) is 5.11. The Morgan fingerprint density at radius 2 is 2.14 bits per heavy atom. The van der Waals surface area contributed by atoms with Crippen molar-refractivity contribution in [1.29, 1.82) is 0 Å². The van der Waals surface area contributed by atoms with Gasteiger partial charge in [-0.1, -0.05) is 18.8 Å². The molecule has 0 saturated carbocycles. The van der Waals surface area contributed by atoms with Crippen molar-refractivity contribution in [3.8, 4) is 11.8 Å². The van der Waals surface area contributed by atoms with E-state index in [-0.39, 0.29) is 5.91 Å². The van der Waals surface area contributed by atoms with E-state index in [4.69, 9.17) is 5.73 Å². The maximum Gasteiger partial charge on any atom is 0.243 e. The third kappa shape index (κ3) is 6.15. The summed E-state index contributed by atoms with van der Waals surface area (Å²) in [4.78, 5) is 26.8. The van der Waals surface area contributed by atoms with Gasteiger partial charge in [0.05, 0.1) is 13.1 Å². The Morgan fingerprint density at radius 3 is 2.71 bits per heavy atom. The number of hydrogen-bond donors (Lipinski definition) is 2. The molecular weight excluding hydrogens is 268 g/mol.